The highest BCUT2D eigenvalue weighted by Crippen LogP contribution is 2.37. The first-order valence-corrected chi connectivity index (χ1v) is 9.93. The van der Waals surface area contributed by atoms with Crippen LogP contribution in [0.5, 0.6) is 0 Å². The standard InChI is InChI=1S/C19H12F6N2S3/c20-18(21,22)11-6-12(19(23,24)25)8-13(7-11)27-17(29)16(28)26-9-14-5-10-3-1-2-4-15(10)30-14/h1-8H,9H2,(H,26,28)(H,27,29). The summed E-state index contributed by atoms with van der Waals surface area (Å²) in [5.74, 6) is 0. The number of fused-ring (bicyclic) bond motifs is 1. The van der Waals surface area contributed by atoms with Crippen molar-refractivity contribution in [2.24, 2.45) is 0 Å². The van der Waals surface area contributed by atoms with Crippen molar-refractivity contribution >= 4 is 61.5 Å². The molecule has 158 valence electrons. The molecule has 0 saturated heterocycles. The van der Waals surface area contributed by atoms with Crippen molar-refractivity contribution in [3.05, 3.63) is 64.5 Å². The molecule has 0 fully saturated rings. The van der Waals surface area contributed by atoms with Gasteiger partial charge >= 0.3 is 12.4 Å². The molecule has 11 heteroatoms. The Morgan fingerprint density at radius 1 is 0.833 bits per heavy atom. The molecule has 0 aliphatic heterocycles. The molecule has 2 aromatic carbocycles. The lowest BCUT2D eigenvalue weighted by atomic mass is 10.1. The minimum Gasteiger partial charge on any atom is -0.369 e. The Labute approximate surface area is 181 Å². The molecule has 3 rings (SSSR count). The molecule has 2 N–H and O–H groups in total. The lowest BCUT2D eigenvalue weighted by molar-refractivity contribution is -0.143. The van der Waals surface area contributed by atoms with E-state index in [-0.39, 0.29) is 16.0 Å². The number of hydrogen-bond donors (Lipinski definition) is 2. The van der Waals surface area contributed by atoms with Crippen LogP contribution in [0, 0.1) is 0 Å². The summed E-state index contributed by atoms with van der Waals surface area (Å²) < 4.78 is 78.9. The largest absolute Gasteiger partial charge is 0.416 e. The minimum atomic E-state index is -4.95. The van der Waals surface area contributed by atoms with E-state index < -0.39 is 29.2 Å². The van der Waals surface area contributed by atoms with Gasteiger partial charge in [0.2, 0.25) is 0 Å². The molecule has 0 aliphatic carbocycles. The fourth-order valence-corrected chi connectivity index (χ4v) is 3.90. The molecule has 1 aromatic heterocycles. The zero-order chi connectivity index (χ0) is 22.1. The number of nitrogens with one attached hydrogen (secondary N) is 2. The summed E-state index contributed by atoms with van der Waals surface area (Å²) in [6.07, 6.45) is -9.89. The fourth-order valence-electron chi connectivity index (χ4n) is 2.59. The van der Waals surface area contributed by atoms with Crippen LogP contribution in [0.4, 0.5) is 32.0 Å². The molecular weight excluding hydrogens is 466 g/mol. The zero-order valence-corrected chi connectivity index (χ0v) is 17.3. The van der Waals surface area contributed by atoms with Gasteiger partial charge in [0.15, 0.2) is 0 Å². The quantitative estimate of drug-likeness (QED) is 0.320. The molecule has 0 bridgehead atoms. The van der Waals surface area contributed by atoms with E-state index in [9.17, 15) is 26.3 Å². The maximum atomic E-state index is 13.0. The van der Waals surface area contributed by atoms with E-state index in [1.165, 1.54) is 11.3 Å². The Balaban J connectivity index is 1.71. The van der Waals surface area contributed by atoms with Crippen molar-refractivity contribution in [3.63, 3.8) is 0 Å². The normalized spacial score (nSPS) is 12.1. The van der Waals surface area contributed by atoms with Gasteiger partial charge in [-0.15, -0.1) is 11.3 Å². The maximum Gasteiger partial charge on any atom is 0.416 e. The number of rotatable bonds is 3. The molecule has 2 nitrogen and oxygen atoms in total. The SMILES string of the molecule is FC(F)(F)c1cc(NC(=S)C(=S)NCc2cc3ccccc3s2)cc(C(F)(F)F)c1. The van der Waals surface area contributed by atoms with E-state index in [1.807, 2.05) is 30.3 Å². The Hall–Kier alpha value is -2.24. The molecule has 0 radical (unpaired) electrons. The Morgan fingerprint density at radius 2 is 1.43 bits per heavy atom. The number of alkyl halides is 6. The molecule has 0 atom stereocenters. The summed E-state index contributed by atoms with van der Waals surface area (Å²) in [5, 5.41) is 6.27. The summed E-state index contributed by atoms with van der Waals surface area (Å²) in [6, 6.07) is 10.8. The van der Waals surface area contributed by atoms with Gasteiger partial charge in [-0.2, -0.15) is 26.3 Å². The Morgan fingerprint density at radius 3 is 2.00 bits per heavy atom. The second-order valence-corrected chi connectivity index (χ2v) is 8.17. The van der Waals surface area contributed by atoms with Crippen molar-refractivity contribution in [2.75, 3.05) is 5.32 Å². The molecule has 0 amide bonds. The van der Waals surface area contributed by atoms with Crippen LogP contribution in [-0.4, -0.2) is 9.98 Å². The first-order valence-electron chi connectivity index (χ1n) is 8.29. The molecule has 0 unspecified atom stereocenters. The van der Waals surface area contributed by atoms with Crippen LogP contribution in [0.15, 0.2) is 48.5 Å². The maximum absolute atomic E-state index is 13.0. The van der Waals surface area contributed by atoms with Crippen molar-refractivity contribution in [1.82, 2.24) is 5.32 Å². The van der Waals surface area contributed by atoms with Crippen LogP contribution >= 0.6 is 35.8 Å². The van der Waals surface area contributed by atoms with E-state index in [0.29, 0.717) is 18.7 Å². The number of hydrogen-bond acceptors (Lipinski definition) is 3. The Kier molecular flexibility index (Phi) is 6.34. The van der Waals surface area contributed by atoms with Gasteiger partial charge < -0.3 is 10.6 Å². The van der Waals surface area contributed by atoms with Gasteiger partial charge in [0.05, 0.1) is 17.7 Å². The number of thiocarbonyl (C=S) groups is 2. The van der Waals surface area contributed by atoms with E-state index >= 15 is 0 Å². The molecule has 3 aromatic rings. The number of thiophene rings is 1. The fraction of sp³-hybridized carbons (Fsp3) is 0.158. The number of benzene rings is 2. The second-order valence-electron chi connectivity index (χ2n) is 6.18. The third kappa shape index (κ3) is 5.46. The molecule has 0 spiro atoms. The van der Waals surface area contributed by atoms with E-state index in [4.69, 9.17) is 24.4 Å². The summed E-state index contributed by atoms with van der Waals surface area (Å²) in [4.78, 5) is 0.770. The Bertz CT molecular complexity index is 1040. The van der Waals surface area contributed by atoms with Gasteiger partial charge in [-0.1, -0.05) is 42.6 Å². The second kappa shape index (κ2) is 8.48. The minimum absolute atomic E-state index is 0.00780. The lowest BCUT2D eigenvalue weighted by Crippen LogP contribution is -2.32. The van der Waals surface area contributed by atoms with Crippen molar-refractivity contribution in [1.29, 1.82) is 0 Å². The average Bonchev–Trinajstić information content (AvgIpc) is 3.07. The summed E-state index contributed by atoms with van der Waals surface area (Å²) in [6.45, 7) is 0.316. The van der Waals surface area contributed by atoms with Gasteiger partial charge in [0.25, 0.3) is 0 Å². The third-order valence-electron chi connectivity index (χ3n) is 3.95. The van der Waals surface area contributed by atoms with Crippen LogP contribution in [0.3, 0.4) is 0 Å². The topological polar surface area (TPSA) is 24.1 Å². The highest BCUT2D eigenvalue weighted by Gasteiger charge is 2.37. The van der Waals surface area contributed by atoms with E-state index in [0.717, 1.165) is 15.0 Å². The van der Waals surface area contributed by atoms with Gasteiger partial charge in [-0.3, -0.25) is 0 Å². The van der Waals surface area contributed by atoms with Gasteiger partial charge in [-0.05, 0) is 35.7 Å². The summed E-state index contributed by atoms with van der Waals surface area (Å²) in [5.41, 5.74) is -3.33. The molecule has 0 saturated carbocycles. The van der Waals surface area contributed by atoms with Gasteiger partial charge in [0, 0.05) is 15.3 Å². The van der Waals surface area contributed by atoms with E-state index in [2.05, 4.69) is 10.6 Å². The van der Waals surface area contributed by atoms with Gasteiger partial charge in [0.1, 0.15) is 9.98 Å². The van der Waals surface area contributed by atoms with Crippen molar-refractivity contribution < 1.29 is 26.3 Å². The predicted octanol–water partition coefficient (Wildman–Crippen LogP) is 6.80. The van der Waals surface area contributed by atoms with Crippen molar-refractivity contribution in [2.45, 2.75) is 18.9 Å². The highest BCUT2D eigenvalue weighted by molar-refractivity contribution is 7.89. The lowest BCUT2D eigenvalue weighted by Gasteiger charge is -2.16. The van der Waals surface area contributed by atoms with Crippen LogP contribution in [-0.2, 0) is 18.9 Å². The predicted molar refractivity (Wildman–Crippen MR) is 114 cm³/mol. The monoisotopic (exact) mass is 478 g/mol. The summed E-state index contributed by atoms with van der Waals surface area (Å²) in [7, 11) is 0. The number of halogens is 6. The third-order valence-corrected chi connectivity index (χ3v) is 5.85. The first kappa shape index (κ1) is 22.4. The average molecular weight is 479 g/mol. The van der Waals surface area contributed by atoms with Crippen LogP contribution in [0.2, 0.25) is 0 Å². The van der Waals surface area contributed by atoms with Crippen molar-refractivity contribution in [3.8, 4) is 0 Å². The van der Waals surface area contributed by atoms with Crippen LogP contribution in [0.25, 0.3) is 10.1 Å². The molecule has 0 aliphatic rings. The smallest absolute Gasteiger partial charge is 0.369 e. The van der Waals surface area contributed by atoms with Crippen LogP contribution in [0.1, 0.15) is 16.0 Å². The number of anilines is 1. The van der Waals surface area contributed by atoms with Gasteiger partial charge in [-0.25, -0.2) is 0 Å². The molecular formula is C19H12F6N2S3. The van der Waals surface area contributed by atoms with Crippen LogP contribution < -0.4 is 10.6 Å². The zero-order valence-electron chi connectivity index (χ0n) is 14.8. The van der Waals surface area contributed by atoms with E-state index in [1.54, 1.807) is 0 Å². The highest BCUT2D eigenvalue weighted by atomic mass is 32.1. The summed E-state index contributed by atoms with van der Waals surface area (Å²) >= 11 is 11.7. The first-order chi connectivity index (χ1) is 13.9. The molecule has 1 heterocycles. The molecule has 30 heavy (non-hydrogen) atoms.